The van der Waals surface area contributed by atoms with Crippen molar-refractivity contribution in [3.05, 3.63) is 12.4 Å². The summed E-state index contributed by atoms with van der Waals surface area (Å²) < 4.78 is 4.94. The van der Waals surface area contributed by atoms with Crippen LogP contribution in [0.5, 0.6) is 5.88 Å². The van der Waals surface area contributed by atoms with E-state index in [-0.39, 0.29) is 5.92 Å². The summed E-state index contributed by atoms with van der Waals surface area (Å²) in [6.07, 6.45) is 1.93. The maximum absolute atomic E-state index is 10.6. The molecule has 0 amide bonds. The van der Waals surface area contributed by atoms with E-state index >= 15 is 0 Å². The molecule has 0 aromatic carbocycles. The molecule has 0 bridgehead atoms. The van der Waals surface area contributed by atoms with Gasteiger partial charge in [0.25, 0.3) is 0 Å². The number of hydrogen-bond acceptors (Lipinski definition) is 5. The van der Waals surface area contributed by atoms with Crippen LogP contribution in [0.1, 0.15) is 13.3 Å². The van der Waals surface area contributed by atoms with E-state index in [4.69, 9.17) is 9.84 Å². The van der Waals surface area contributed by atoms with Crippen molar-refractivity contribution in [1.82, 2.24) is 9.97 Å². The molecule has 0 spiro atoms. The number of aromatic nitrogens is 2. The molecule has 6 heteroatoms. The van der Waals surface area contributed by atoms with E-state index in [1.54, 1.807) is 13.0 Å². The number of methoxy groups -OCH3 is 1. The second-order valence-corrected chi connectivity index (χ2v) is 3.40. The molecule has 0 aliphatic heterocycles. The molecular weight excluding hydrogens is 210 g/mol. The van der Waals surface area contributed by atoms with Crippen molar-refractivity contribution < 1.29 is 14.6 Å². The Balaban J connectivity index is 2.39. The second kappa shape index (κ2) is 5.89. The van der Waals surface area contributed by atoms with Gasteiger partial charge in [0.1, 0.15) is 12.1 Å². The van der Waals surface area contributed by atoms with Crippen LogP contribution in [0, 0.1) is 5.92 Å². The summed E-state index contributed by atoms with van der Waals surface area (Å²) in [5.74, 6) is -0.0495. The van der Waals surface area contributed by atoms with Crippen molar-refractivity contribution in [3.63, 3.8) is 0 Å². The number of carboxylic acid groups (broad SMARTS) is 1. The van der Waals surface area contributed by atoms with Gasteiger partial charge < -0.3 is 15.2 Å². The molecule has 0 aliphatic rings. The maximum atomic E-state index is 10.6. The molecule has 2 N–H and O–H groups in total. The van der Waals surface area contributed by atoms with Gasteiger partial charge in [0, 0.05) is 12.6 Å². The van der Waals surface area contributed by atoms with Crippen LogP contribution >= 0.6 is 0 Å². The van der Waals surface area contributed by atoms with Gasteiger partial charge in [0.15, 0.2) is 0 Å². The highest BCUT2D eigenvalue weighted by Crippen LogP contribution is 2.10. The minimum Gasteiger partial charge on any atom is -0.481 e. The van der Waals surface area contributed by atoms with Crippen molar-refractivity contribution in [1.29, 1.82) is 0 Å². The molecule has 1 atom stereocenters. The molecule has 16 heavy (non-hydrogen) atoms. The lowest BCUT2D eigenvalue weighted by Crippen LogP contribution is -2.14. The quantitative estimate of drug-likeness (QED) is 0.751. The summed E-state index contributed by atoms with van der Waals surface area (Å²) in [6, 6.07) is 1.66. The van der Waals surface area contributed by atoms with Crippen LogP contribution in [-0.4, -0.2) is 34.7 Å². The van der Waals surface area contributed by atoms with Gasteiger partial charge in [-0.3, -0.25) is 4.79 Å². The van der Waals surface area contributed by atoms with Crippen LogP contribution in [0.25, 0.3) is 0 Å². The number of anilines is 1. The Morgan fingerprint density at radius 1 is 1.62 bits per heavy atom. The lowest BCUT2D eigenvalue weighted by Gasteiger charge is -2.08. The molecule has 1 aromatic heterocycles. The molecule has 88 valence electrons. The number of nitrogens with one attached hydrogen (secondary N) is 1. The number of rotatable bonds is 6. The van der Waals surface area contributed by atoms with Crippen molar-refractivity contribution in [2.45, 2.75) is 13.3 Å². The molecule has 0 saturated heterocycles. The van der Waals surface area contributed by atoms with Gasteiger partial charge in [-0.25, -0.2) is 9.97 Å². The zero-order valence-electron chi connectivity index (χ0n) is 9.30. The highest BCUT2D eigenvalue weighted by Gasteiger charge is 2.09. The Bertz CT molecular complexity index is 357. The normalized spacial score (nSPS) is 11.9. The molecule has 1 unspecified atom stereocenters. The summed E-state index contributed by atoms with van der Waals surface area (Å²) >= 11 is 0. The first kappa shape index (κ1) is 12.2. The lowest BCUT2D eigenvalue weighted by molar-refractivity contribution is -0.141. The molecule has 6 nitrogen and oxygen atoms in total. The summed E-state index contributed by atoms with van der Waals surface area (Å²) in [5.41, 5.74) is 0. The van der Waals surface area contributed by atoms with Crippen molar-refractivity contribution in [3.8, 4) is 5.88 Å². The van der Waals surface area contributed by atoms with E-state index < -0.39 is 5.97 Å². The van der Waals surface area contributed by atoms with E-state index in [2.05, 4.69) is 15.3 Å². The number of aliphatic carboxylic acids is 1. The molecule has 1 heterocycles. The fourth-order valence-corrected chi connectivity index (χ4v) is 1.09. The Morgan fingerprint density at radius 3 is 3.00 bits per heavy atom. The highest BCUT2D eigenvalue weighted by molar-refractivity contribution is 5.69. The van der Waals surface area contributed by atoms with Gasteiger partial charge in [0.2, 0.25) is 5.88 Å². The zero-order chi connectivity index (χ0) is 12.0. The lowest BCUT2D eigenvalue weighted by atomic mass is 10.1. The number of hydrogen-bond donors (Lipinski definition) is 2. The zero-order valence-corrected chi connectivity index (χ0v) is 9.30. The third kappa shape index (κ3) is 3.72. The summed E-state index contributed by atoms with van der Waals surface area (Å²) in [7, 11) is 1.53. The van der Waals surface area contributed by atoms with Crippen LogP contribution in [0.2, 0.25) is 0 Å². The molecule has 0 saturated carbocycles. The predicted octanol–water partition coefficient (Wildman–Crippen LogP) is 1.01. The summed E-state index contributed by atoms with van der Waals surface area (Å²) in [6.45, 7) is 2.22. The van der Waals surface area contributed by atoms with E-state index in [0.29, 0.717) is 24.7 Å². The Labute approximate surface area is 93.7 Å². The van der Waals surface area contributed by atoms with Crippen LogP contribution in [0.15, 0.2) is 12.4 Å². The average molecular weight is 225 g/mol. The first-order valence-corrected chi connectivity index (χ1v) is 4.96. The van der Waals surface area contributed by atoms with E-state index in [1.165, 1.54) is 13.4 Å². The van der Waals surface area contributed by atoms with Gasteiger partial charge >= 0.3 is 5.97 Å². The minimum atomic E-state index is -0.790. The van der Waals surface area contributed by atoms with Gasteiger partial charge in [-0.05, 0) is 6.42 Å². The third-order valence-corrected chi connectivity index (χ3v) is 2.16. The van der Waals surface area contributed by atoms with Gasteiger partial charge in [-0.1, -0.05) is 6.92 Å². The minimum absolute atomic E-state index is 0.365. The molecular formula is C10H15N3O3. The third-order valence-electron chi connectivity index (χ3n) is 2.16. The van der Waals surface area contributed by atoms with Crippen molar-refractivity contribution >= 4 is 11.8 Å². The summed E-state index contributed by atoms with van der Waals surface area (Å²) in [5, 5.41) is 11.7. The Morgan fingerprint density at radius 2 is 2.38 bits per heavy atom. The Hall–Kier alpha value is -1.85. The smallest absolute Gasteiger partial charge is 0.306 e. The van der Waals surface area contributed by atoms with E-state index in [0.717, 1.165) is 0 Å². The topological polar surface area (TPSA) is 84.3 Å². The van der Waals surface area contributed by atoms with Gasteiger partial charge in [-0.15, -0.1) is 0 Å². The molecule has 1 rings (SSSR count). The van der Waals surface area contributed by atoms with Gasteiger partial charge in [-0.2, -0.15) is 0 Å². The van der Waals surface area contributed by atoms with E-state index in [9.17, 15) is 4.79 Å². The number of carboxylic acids is 1. The van der Waals surface area contributed by atoms with Gasteiger partial charge in [0.05, 0.1) is 13.0 Å². The molecule has 0 radical (unpaired) electrons. The second-order valence-electron chi connectivity index (χ2n) is 3.40. The standard InChI is InChI=1S/C10H15N3O3/c1-7(10(14)15)3-4-11-8-5-9(16-2)13-6-12-8/h5-7H,3-4H2,1-2H3,(H,14,15)(H,11,12,13). The largest absolute Gasteiger partial charge is 0.481 e. The molecule has 1 aromatic rings. The monoisotopic (exact) mass is 225 g/mol. The van der Waals surface area contributed by atoms with E-state index in [1.807, 2.05) is 0 Å². The SMILES string of the molecule is COc1cc(NCCC(C)C(=O)O)ncn1. The Kier molecular flexibility index (Phi) is 4.50. The van der Waals surface area contributed by atoms with Crippen molar-refractivity contribution in [2.24, 2.45) is 5.92 Å². The fourth-order valence-electron chi connectivity index (χ4n) is 1.09. The van der Waals surface area contributed by atoms with Crippen LogP contribution in [0.4, 0.5) is 5.82 Å². The fraction of sp³-hybridized carbons (Fsp3) is 0.500. The highest BCUT2D eigenvalue weighted by atomic mass is 16.5. The molecule has 0 aliphatic carbocycles. The predicted molar refractivity (Wildman–Crippen MR) is 58.5 cm³/mol. The number of ether oxygens (including phenoxy) is 1. The first-order chi connectivity index (χ1) is 7.63. The van der Waals surface area contributed by atoms with Crippen LogP contribution in [0.3, 0.4) is 0 Å². The average Bonchev–Trinajstić information content (AvgIpc) is 2.29. The van der Waals surface area contributed by atoms with Crippen LogP contribution in [-0.2, 0) is 4.79 Å². The molecule has 0 fully saturated rings. The first-order valence-electron chi connectivity index (χ1n) is 4.96. The maximum Gasteiger partial charge on any atom is 0.306 e. The van der Waals surface area contributed by atoms with Crippen LogP contribution < -0.4 is 10.1 Å². The van der Waals surface area contributed by atoms with Crippen molar-refractivity contribution in [2.75, 3.05) is 19.0 Å². The number of nitrogens with zero attached hydrogens (tertiary/aromatic N) is 2. The summed E-state index contributed by atoms with van der Waals surface area (Å²) in [4.78, 5) is 18.4. The number of carbonyl (C=O) groups is 1.